The number of rotatable bonds is 26. The van der Waals surface area contributed by atoms with Crippen LogP contribution in [0.3, 0.4) is 0 Å². The number of hydrogen-bond donors (Lipinski definition) is 8. The summed E-state index contributed by atoms with van der Waals surface area (Å²) in [6.07, 6.45) is 0.608. The molecule has 0 aliphatic carbocycles. The van der Waals surface area contributed by atoms with Crippen LogP contribution in [0.2, 0.25) is 0 Å². The molecule has 0 spiro atoms. The third-order valence-corrected chi connectivity index (χ3v) is 8.06. The van der Waals surface area contributed by atoms with Crippen molar-refractivity contribution in [3.63, 3.8) is 0 Å². The molecule has 18 heteroatoms. The summed E-state index contributed by atoms with van der Waals surface area (Å²) < 4.78 is 32.0. The van der Waals surface area contributed by atoms with Gasteiger partial charge in [0, 0.05) is 50.0 Å². The Labute approximate surface area is 284 Å². The van der Waals surface area contributed by atoms with E-state index in [1.54, 1.807) is 12.1 Å². The SMILES string of the molecule is CCCCNc1ccc(C(=O)NCCCC[C@H](NC(=O)CC[C@H](CC(=O)[C@H](CS(=O)(=O)O)NC(=O)CCCC(=O)O)C(=O)O)C(N)=O)cc1. The smallest absolute Gasteiger partial charge is 0.306 e. The summed E-state index contributed by atoms with van der Waals surface area (Å²) in [5.41, 5.74) is 6.81. The Hall–Kier alpha value is -4.58. The van der Waals surface area contributed by atoms with Crippen LogP contribution in [0.5, 0.6) is 0 Å². The Morgan fingerprint density at radius 3 is 2.00 bits per heavy atom. The topological polar surface area (TPSA) is 288 Å². The monoisotopic (exact) mass is 713 g/mol. The second-order valence-electron chi connectivity index (χ2n) is 11.5. The Bertz CT molecular complexity index is 1400. The van der Waals surface area contributed by atoms with E-state index in [9.17, 15) is 51.6 Å². The van der Waals surface area contributed by atoms with E-state index in [1.807, 2.05) is 12.1 Å². The third kappa shape index (κ3) is 19.1. The molecule has 0 unspecified atom stereocenters. The maximum atomic E-state index is 12.8. The molecular weight excluding hydrogens is 666 g/mol. The minimum atomic E-state index is -4.79. The minimum absolute atomic E-state index is 0.115. The van der Waals surface area contributed by atoms with Crippen LogP contribution in [0.25, 0.3) is 0 Å². The van der Waals surface area contributed by atoms with Gasteiger partial charge in [-0.25, -0.2) is 0 Å². The quantitative estimate of drug-likeness (QED) is 0.0488. The van der Waals surface area contributed by atoms with Crippen molar-refractivity contribution in [2.75, 3.05) is 24.2 Å². The molecule has 0 aromatic heterocycles. The van der Waals surface area contributed by atoms with Crippen molar-refractivity contribution >= 4 is 57.2 Å². The van der Waals surface area contributed by atoms with Crippen LogP contribution in [0.4, 0.5) is 5.69 Å². The van der Waals surface area contributed by atoms with E-state index in [0.717, 1.165) is 25.1 Å². The van der Waals surface area contributed by atoms with Gasteiger partial charge < -0.3 is 37.2 Å². The summed E-state index contributed by atoms with van der Waals surface area (Å²) in [5.74, 6) is -9.16. The zero-order chi connectivity index (χ0) is 37.0. The van der Waals surface area contributed by atoms with Crippen LogP contribution in [0.15, 0.2) is 24.3 Å². The van der Waals surface area contributed by atoms with Gasteiger partial charge in [-0.05, 0) is 62.8 Å². The number of nitrogens with one attached hydrogen (secondary N) is 4. The van der Waals surface area contributed by atoms with Crippen LogP contribution in [-0.4, -0.2) is 95.5 Å². The molecule has 1 aromatic carbocycles. The van der Waals surface area contributed by atoms with Crippen molar-refractivity contribution in [1.82, 2.24) is 16.0 Å². The molecule has 3 atom stereocenters. The molecule has 0 aliphatic rings. The summed E-state index contributed by atoms with van der Waals surface area (Å²) in [5, 5.41) is 28.8. The molecule has 0 heterocycles. The van der Waals surface area contributed by atoms with Crippen molar-refractivity contribution < 1.29 is 56.7 Å². The molecule has 49 heavy (non-hydrogen) atoms. The van der Waals surface area contributed by atoms with Gasteiger partial charge in [0.1, 0.15) is 17.8 Å². The second-order valence-corrected chi connectivity index (χ2v) is 13.0. The fourth-order valence-electron chi connectivity index (χ4n) is 4.57. The van der Waals surface area contributed by atoms with E-state index in [2.05, 4.69) is 28.2 Å². The minimum Gasteiger partial charge on any atom is -0.481 e. The molecular formula is C31H47N5O12S. The molecule has 274 valence electrons. The fraction of sp³-hybridized carbons (Fsp3) is 0.581. The standard InChI is InChI=1S/C31H47N5O12S/c1-2-3-16-33-22-13-10-20(11-14-22)30(43)34-17-5-4-7-23(29(32)42)35-27(39)15-12-21(31(44)45)18-25(37)24(19-49(46,47)48)36-26(38)8-6-9-28(40)41/h10-11,13-14,21,23-24,33H,2-9,12,15-19H2,1H3,(H2,32,42)(H,34,43)(H,35,39)(H,36,38)(H,40,41)(H,44,45)(H,46,47,48)/t21-,23+,24+/m1/s1. The Kier molecular flexibility index (Phi) is 19.2. The Balaban J connectivity index is 2.60. The Morgan fingerprint density at radius 1 is 0.796 bits per heavy atom. The van der Waals surface area contributed by atoms with Crippen molar-refractivity contribution in [3.05, 3.63) is 29.8 Å². The third-order valence-electron chi connectivity index (χ3n) is 7.30. The predicted octanol–water partition coefficient (Wildman–Crippen LogP) is 0.837. The lowest BCUT2D eigenvalue weighted by Crippen LogP contribution is -2.46. The number of carbonyl (C=O) groups excluding carboxylic acids is 5. The lowest BCUT2D eigenvalue weighted by atomic mass is 9.94. The molecule has 1 rings (SSSR count). The van der Waals surface area contributed by atoms with Crippen LogP contribution < -0.4 is 27.0 Å². The van der Waals surface area contributed by atoms with Gasteiger partial charge >= 0.3 is 11.9 Å². The van der Waals surface area contributed by atoms with Crippen molar-refractivity contribution in [3.8, 4) is 0 Å². The number of Topliss-reactive ketones (excluding diaryl/α,β-unsaturated/α-hetero) is 1. The summed E-state index contributed by atoms with van der Waals surface area (Å²) >= 11 is 0. The van der Waals surface area contributed by atoms with Crippen LogP contribution in [-0.2, 0) is 38.9 Å². The molecule has 17 nitrogen and oxygen atoms in total. The molecule has 0 aliphatic heterocycles. The van der Waals surface area contributed by atoms with Crippen LogP contribution in [0.1, 0.15) is 87.9 Å². The summed E-state index contributed by atoms with van der Waals surface area (Å²) in [4.78, 5) is 84.2. The average molecular weight is 714 g/mol. The second kappa shape index (κ2) is 22.1. The van der Waals surface area contributed by atoms with Crippen LogP contribution in [0, 0.1) is 5.92 Å². The van der Waals surface area contributed by atoms with Crippen LogP contribution >= 0.6 is 0 Å². The number of unbranched alkanes of at least 4 members (excludes halogenated alkanes) is 2. The van der Waals surface area contributed by atoms with Gasteiger partial charge in [-0.15, -0.1) is 0 Å². The molecule has 0 saturated carbocycles. The number of anilines is 1. The van der Waals surface area contributed by atoms with Gasteiger partial charge in [0.25, 0.3) is 16.0 Å². The predicted molar refractivity (Wildman–Crippen MR) is 177 cm³/mol. The summed E-state index contributed by atoms with van der Waals surface area (Å²) in [6, 6.07) is 4.14. The number of ketones is 1. The molecule has 1 aromatic rings. The van der Waals surface area contributed by atoms with E-state index in [-0.39, 0.29) is 31.6 Å². The van der Waals surface area contributed by atoms with Crippen molar-refractivity contribution in [2.24, 2.45) is 11.7 Å². The van der Waals surface area contributed by atoms with Crippen molar-refractivity contribution in [1.29, 1.82) is 0 Å². The zero-order valence-electron chi connectivity index (χ0n) is 27.4. The normalized spacial score (nSPS) is 12.9. The number of carboxylic acid groups (broad SMARTS) is 2. The Morgan fingerprint density at radius 2 is 1.43 bits per heavy atom. The number of benzene rings is 1. The highest BCUT2D eigenvalue weighted by atomic mass is 32.2. The summed E-state index contributed by atoms with van der Waals surface area (Å²) in [6.45, 7) is 3.23. The molecule has 0 fully saturated rings. The lowest BCUT2D eigenvalue weighted by molar-refractivity contribution is -0.144. The van der Waals surface area contributed by atoms with E-state index in [4.69, 9.17) is 10.8 Å². The first kappa shape index (κ1) is 42.4. The number of primary amides is 1. The highest BCUT2D eigenvalue weighted by molar-refractivity contribution is 7.85. The van der Waals surface area contributed by atoms with E-state index in [1.165, 1.54) is 0 Å². The lowest BCUT2D eigenvalue weighted by Gasteiger charge is -2.19. The highest BCUT2D eigenvalue weighted by Crippen LogP contribution is 2.15. The number of nitrogens with two attached hydrogens (primary N) is 1. The number of aliphatic carboxylic acids is 2. The molecule has 9 N–H and O–H groups in total. The first-order chi connectivity index (χ1) is 23.0. The van der Waals surface area contributed by atoms with E-state index < -0.39 is 88.6 Å². The van der Waals surface area contributed by atoms with Crippen molar-refractivity contribution in [2.45, 2.75) is 89.6 Å². The summed E-state index contributed by atoms with van der Waals surface area (Å²) in [7, 11) is -4.79. The number of carboxylic acids is 2. The average Bonchev–Trinajstić information content (AvgIpc) is 3.01. The van der Waals surface area contributed by atoms with E-state index >= 15 is 0 Å². The fourth-order valence-corrected chi connectivity index (χ4v) is 5.26. The number of hydrogen-bond acceptors (Lipinski definition) is 10. The largest absolute Gasteiger partial charge is 0.481 e. The maximum absolute atomic E-state index is 12.8. The molecule has 0 saturated heterocycles. The van der Waals surface area contributed by atoms with Gasteiger partial charge in [0.05, 0.1) is 5.92 Å². The number of carbonyl (C=O) groups is 7. The van der Waals surface area contributed by atoms with Gasteiger partial charge in [-0.2, -0.15) is 8.42 Å². The first-order valence-corrected chi connectivity index (χ1v) is 17.6. The first-order valence-electron chi connectivity index (χ1n) is 15.9. The molecule has 0 radical (unpaired) electrons. The van der Waals surface area contributed by atoms with Gasteiger partial charge in [-0.1, -0.05) is 13.3 Å². The number of amides is 4. The zero-order valence-corrected chi connectivity index (χ0v) is 28.3. The van der Waals surface area contributed by atoms with Gasteiger partial charge in [-0.3, -0.25) is 38.1 Å². The van der Waals surface area contributed by atoms with E-state index in [0.29, 0.717) is 24.9 Å². The van der Waals surface area contributed by atoms with Gasteiger partial charge in [0.15, 0.2) is 5.78 Å². The highest BCUT2D eigenvalue weighted by Gasteiger charge is 2.31. The molecule has 0 bridgehead atoms. The van der Waals surface area contributed by atoms with Gasteiger partial charge in [0.2, 0.25) is 17.7 Å². The molecule has 4 amide bonds. The maximum Gasteiger partial charge on any atom is 0.306 e.